The molecule has 0 bridgehead atoms. The van der Waals surface area contributed by atoms with E-state index in [1.54, 1.807) is 47.9 Å². The first-order valence-electron chi connectivity index (χ1n) is 7.35. The van der Waals surface area contributed by atoms with Gasteiger partial charge in [0.1, 0.15) is 5.75 Å². The van der Waals surface area contributed by atoms with Gasteiger partial charge in [0.2, 0.25) is 0 Å². The summed E-state index contributed by atoms with van der Waals surface area (Å²) in [5.74, 6) is 0.618. The summed E-state index contributed by atoms with van der Waals surface area (Å²) >= 11 is 1.78. The fraction of sp³-hybridized carbons (Fsp3) is 0.353. The SMILES string of the molecule is COc1ccc2nc(C(F)(F)F)c(I)c(C3=CCCCC3)c2c1. The van der Waals surface area contributed by atoms with Crippen molar-refractivity contribution in [2.75, 3.05) is 7.11 Å². The molecule has 1 heterocycles. The average molecular weight is 433 g/mol. The van der Waals surface area contributed by atoms with E-state index < -0.39 is 11.9 Å². The van der Waals surface area contributed by atoms with Crippen LogP contribution in [0.5, 0.6) is 5.75 Å². The van der Waals surface area contributed by atoms with Crippen molar-refractivity contribution >= 4 is 39.1 Å². The number of aromatic nitrogens is 1. The smallest absolute Gasteiger partial charge is 0.434 e. The van der Waals surface area contributed by atoms with Crippen molar-refractivity contribution in [2.24, 2.45) is 0 Å². The van der Waals surface area contributed by atoms with Crippen molar-refractivity contribution in [3.63, 3.8) is 0 Å². The molecule has 1 aliphatic carbocycles. The van der Waals surface area contributed by atoms with Crippen LogP contribution in [0.2, 0.25) is 0 Å². The van der Waals surface area contributed by atoms with Gasteiger partial charge in [0.05, 0.1) is 16.2 Å². The molecule has 6 heteroatoms. The monoisotopic (exact) mass is 433 g/mol. The number of hydrogen-bond donors (Lipinski definition) is 0. The normalized spacial score (nSPS) is 15.6. The molecule has 1 aromatic carbocycles. The third-order valence-electron chi connectivity index (χ3n) is 4.01. The minimum absolute atomic E-state index is 0.170. The maximum Gasteiger partial charge on any atom is 0.434 e. The molecule has 3 rings (SSSR count). The predicted molar refractivity (Wildman–Crippen MR) is 92.5 cm³/mol. The molecule has 2 nitrogen and oxygen atoms in total. The van der Waals surface area contributed by atoms with Gasteiger partial charge in [-0.15, -0.1) is 0 Å². The lowest BCUT2D eigenvalue weighted by Gasteiger charge is -2.20. The molecule has 0 saturated carbocycles. The highest BCUT2D eigenvalue weighted by Gasteiger charge is 2.37. The Balaban J connectivity index is 2.35. The van der Waals surface area contributed by atoms with Crippen molar-refractivity contribution < 1.29 is 17.9 Å². The number of halogens is 4. The first kappa shape index (κ1) is 16.5. The number of ether oxygens (including phenoxy) is 1. The molecule has 0 spiro atoms. The van der Waals surface area contributed by atoms with E-state index in [9.17, 15) is 13.2 Å². The Hall–Kier alpha value is -1.31. The molecular formula is C17H15F3INO. The predicted octanol–water partition coefficient (Wildman–Crippen LogP) is 5.82. The molecule has 0 radical (unpaired) electrons. The number of fused-ring (bicyclic) bond motifs is 1. The van der Waals surface area contributed by atoms with E-state index in [2.05, 4.69) is 11.1 Å². The molecule has 122 valence electrons. The number of alkyl halides is 3. The molecule has 23 heavy (non-hydrogen) atoms. The van der Waals surface area contributed by atoms with Crippen LogP contribution in [0.1, 0.15) is 36.9 Å². The van der Waals surface area contributed by atoms with E-state index >= 15 is 0 Å². The number of pyridine rings is 1. The van der Waals surface area contributed by atoms with Gasteiger partial charge in [0, 0.05) is 10.9 Å². The summed E-state index contributed by atoms with van der Waals surface area (Å²) in [5, 5.41) is 0.718. The summed E-state index contributed by atoms with van der Waals surface area (Å²) < 4.78 is 45.5. The fourth-order valence-corrected chi connectivity index (χ4v) is 3.98. The Morgan fingerprint density at radius 1 is 1.22 bits per heavy atom. The quantitative estimate of drug-likeness (QED) is 0.557. The van der Waals surface area contributed by atoms with Crippen molar-refractivity contribution in [3.05, 3.63) is 39.1 Å². The third-order valence-corrected chi connectivity index (χ3v) is 5.06. The van der Waals surface area contributed by atoms with Gasteiger partial charge in [-0.1, -0.05) is 6.08 Å². The highest BCUT2D eigenvalue weighted by molar-refractivity contribution is 14.1. The number of allylic oxidation sites excluding steroid dienone is 2. The molecule has 0 atom stereocenters. The van der Waals surface area contributed by atoms with E-state index in [4.69, 9.17) is 4.74 Å². The first-order chi connectivity index (χ1) is 10.9. The van der Waals surface area contributed by atoms with Crippen molar-refractivity contribution in [1.29, 1.82) is 0 Å². The van der Waals surface area contributed by atoms with E-state index in [1.807, 2.05) is 0 Å². The zero-order valence-electron chi connectivity index (χ0n) is 12.5. The van der Waals surface area contributed by atoms with Crippen LogP contribution in [-0.4, -0.2) is 12.1 Å². The molecule has 2 aromatic rings. The molecule has 0 aliphatic heterocycles. The molecule has 0 amide bonds. The lowest BCUT2D eigenvalue weighted by Crippen LogP contribution is -2.13. The Labute approximate surface area is 145 Å². The number of nitrogens with zero attached hydrogens (tertiary/aromatic N) is 1. The zero-order chi connectivity index (χ0) is 16.6. The van der Waals surface area contributed by atoms with Crippen molar-refractivity contribution in [2.45, 2.75) is 31.9 Å². The summed E-state index contributed by atoms with van der Waals surface area (Å²) in [4.78, 5) is 3.86. The molecular weight excluding hydrogens is 418 g/mol. The lowest BCUT2D eigenvalue weighted by molar-refractivity contribution is -0.141. The first-order valence-corrected chi connectivity index (χ1v) is 8.43. The number of methoxy groups -OCH3 is 1. The van der Waals surface area contributed by atoms with E-state index in [1.165, 1.54) is 0 Å². The summed E-state index contributed by atoms with van der Waals surface area (Å²) in [6, 6.07) is 5.00. The summed E-state index contributed by atoms with van der Waals surface area (Å²) in [5.41, 5.74) is 1.17. The number of hydrogen-bond acceptors (Lipinski definition) is 2. The van der Waals surface area contributed by atoms with E-state index in [-0.39, 0.29) is 3.57 Å². The number of rotatable bonds is 2. The molecule has 0 saturated heterocycles. The van der Waals surface area contributed by atoms with Gasteiger partial charge in [0.25, 0.3) is 0 Å². The van der Waals surface area contributed by atoms with Gasteiger partial charge in [0.15, 0.2) is 5.69 Å². The number of benzene rings is 1. The van der Waals surface area contributed by atoms with E-state index in [0.29, 0.717) is 16.8 Å². The van der Waals surface area contributed by atoms with Crippen LogP contribution in [0.4, 0.5) is 13.2 Å². The summed E-state index contributed by atoms with van der Waals surface area (Å²) in [6.07, 6.45) is 1.37. The minimum atomic E-state index is -4.46. The Kier molecular flexibility index (Phi) is 4.53. The zero-order valence-corrected chi connectivity index (χ0v) is 14.7. The largest absolute Gasteiger partial charge is 0.497 e. The van der Waals surface area contributed by atoms with Crippen LogP contribution in [0.15, 0.2) is 24.3 Å². The minimum Gasteiger partial charge on any atom is -0.497 e. The maximum atomic E-state index is 13.4. The van der Waals surface area contributed by atoms with Crippen LogP contribution < -0.4 is 4.74 Å². The summed E-state index contributed by atoms with van der Waals surface area (Å²) in [7, 11) is 1.54. The average Bonchev–Trinajstić information content (AvgIpc) is 2.53. The van der Waals surface area contributed by atoms with Crippen LogP contribution in [0.3, 0.4) is 0 Å². The second kappa shape index (κ2) is 6.30. The Bertz CT molecular complexity index is 783. The maximum absolute atomic E-state index is 13.4. The Morgan fingerprint density at radius 2 is 2.00 bits per heavy atom. The van der Waals surface area contributed by atoms with Gasteiger partial charge >= 0.3 is 6.18 Å². The van der Waals surface area contributed by atoms with Crippen LogP contribution >= 0.6 is 22.6 Å². The lowest BCUT2D eigenvalue weighted by atomic mass is 9.91. The van der Waals surface area contributed by atoms with Gasteiger partial charge in [-0.3, -0.25) is 0 Å². The molecule has 0 unspecified atom stereocenters. The topological polar surface area (TPSA) is 22.1 Å². The van der Waals surface area contributed by atoms with Crippen LogP contribution in [0.25, 0.3) is 16.5 Å². The van der Waals surface area contributed by atoms with Gasteiger partial charge in [-0.2, -0.15) is 13.2 Å². The van der Waals surface area contributed by atoms with Crippen molar-refractivity contribution in [3.8, 4) is 5.75 Å². The summed E-state index contributed by atoms with van der Waals surface area (Å²) in [6.45, 7) is 0. The molecule has 1 aliphatic rings. The highest BCUT2D eigenvalue weighted by atomic mass is 127. The van der Waals surface area contributed by atoms with Gasteiger partial charge in [-0.25, -0.2) is 4.98 Å². The van der Waals surface area contributed by atoms with Crippen LogP contribution in [-0.2, 0) is 6.18 Å². The standard InChI is InChI=1S/C17H15F3INO/c1-23-11-7-8-13-12(9-11)14(10-5-3-2-4-6-10)15(21)16(22-13)17(18,19)20/h5,7-9H,2-4,6H2,1H3. The second-order valence-electron chi connectivity index (χ2n) is 5.51. The molecule has 1 aromatic heterocycles. The molecule has 0 fully saturated rings. The van der Waals surface area contributed by atoms with E-state index in [0.717, 1.165) is 36.6 Å². The second-order valence-corrected chi connectivity index (χ2v) is 6.58. The van der Waals surface area contributed by atoms with Gasteiger partial charge in [-0.05, 0) is 72.0 Å². The Morgan fingerprint density at radius 3 is 2.61 bits per heavy atom. The van der Waals surface area contributed by atoms with Crippen molar-refractivity contribution in [1.82, 2.24) is 4.98 Å². The van der Waals surface area contributed by atoms with Crippen LogP contribution in [0, 0.1) is 3.57 Å². The molecule has 0 N–H and O–H groups in total. The van der Waals surface area contributed by atoms with Gasteiger partial charge < -0.3 is 4.74 Å². The highest BCUT2D eigenvalue weighted by Crippen LogP contribution is 2.41. The third kappa shape index (κ3) is 3.18. The fourth-order valence-electron chi connectivity index (χ4n) is 2.91.